The molecule has 0 amide bonds. The van der Waals surface area contributed by atoms with Crippen molar-refractivity contribution >= 4 is 22.4 Å². The molecule has 1 unspecified atom stereocenters. The van der Waals surface area contributed by atoms with Crippen molar-refractivity contribution in [3.05, 3.63) is 30.1 Å². The summed E-state index contributed by atoms with van der Waals surface area (Å²) in [5.41, 5.74) is 0. The minimum absolute atomic E-state index is 0. The molecule has 5 nitrogen and oxygen atoms in total. The first-order valence-electron chi connectivity index (χ1n) is 8.24. The maximum Gasteiger partial charge on any atom is 0.243 e. The van der Waals surface area contributed by atoms with E-state index in [1.807, 2.05) is 0 Å². The van der Waals surface area contributed by atoms with Gasteiger partial charge in [0.2, 0.25) is 10.0 Å². The number of nitrogens with zero attached hydrogens (tertiary/aromatic N) is 2. The van der Waals surface area contributed by atoms with Crippen molar-refractivity contribution in [2.24, 2.45) is 5.92 Å². The normalized spacial score (nSPS) is 23.6. The van der Waals surface area contributed by atoms with Gasteiger partial charge in [-0.15, -0.1) is 12.4 Å². The van der Waals surface area contributed by atoms with Crippen LogP contribution in [0.3, 0.4) is 0 Å². The van der Waals surface area contributed by atoms with Crippen molar-refractivity contribution in [1.29, 1.82) is 0 Å². The fourth-order valence-corrected chi connectivity index (χ4v) is 4.78. The summed E-state index contributed by atoms with van der Waals surface area (Å²) in [6, 6.07) is 5.06. The average molecular weight is 378 g/mol. The summed E-state index contributed by atoms with van der Waals surface area (Å²) in [6.07, 6.45) is 2.48. The molecule has 136 valence electrons. The van der Waals surface area contributed by atoms with E-state index >= 15 is 0 Å². The van der Waals surface area contributed by atoms with Crippen LogP contribution in [0, 0.1) is 11.7 Å². The zero-order valence-corrected chi connectivity index (χ0v) is 15.3. The SMILES string of the molecule is Cl.O=S(=O)(c1ccc(F)cc1)N1CCN(CC2CCCNC2)CC1. The molecule has 0 saturated carbocycles. The molecule has 2 aliphatic rings. The highest BCUT2D eigenvalue weighted by molar-refractivity contribution is 7.89. The van der Waals surface area contributed by atoms with Gasteiger partial charge in [-0.2, -0.15) is 4.31 Å². The first kappa shape index (κ1) is 19.6. The summed E-state index contributed by atoms with van der Waals surface area (Å²) in [5, 5.41) is 3.42. The molecule has 2 aliphatic heterocycles. The van der Waals surface area contributed by atoms with Gasteiger partial charge in [0.05, 0.1) is 4.90 Å². The number of halogens is 2. The Balaban J connectivity index is 0.00000208. The Morgan fingerprint density at radius 3 is 2.38 bits per heavy atom. The molecular weight excluding hydrogens is 353 g/mol. The second kappa shape index (κ2) is 8.58. The third kappa shape index (κ3) is 4.67. The van der Waals surface area contributed by atoms with E-state index in [-0.39, 0.29) is 17.3 Å². The molecule has 0 aromatic heterocycles. The highest BCUT2D eigenvalue weighted by atomic mass is 35.5. The molecule has 2 saturated heterocycles. The number of sulfonamides is 1. The van der Waals surface area contributed by atoms with E-state index in [1.54, 1.807) is 0 Å². The van der Waals surface area contributed by atoms with E-state index < -0.39 is 15.8 Å². The number of rotatable bonds is 4. The molecule has 1 aromatic carbocycles. The maximum absolute atomic E-state index is 13.0. The summed E-state index contributed by atoms with van der Waals surface area (Å²) in [6.45, 7) is 5.74. The van der Waals surface area contributed by atoms with Crippen LogP contribution in [0.4, 0.5) is 4.39 Å². The molecule has 2 fully saturated rings. The van der Waals surface area contributed by atoms with Gasteiger partial charge in [-0.3, -0.25) is 0 Å². The maximum atomic E-state index is 13.0. The Hall–Kier alpha value is -0.730. The van der Waals surface area contributed by atoms with Gasteiger partial charge in [0, 0.05) is 32.7 Å². The molecule has 1 N–H and O–H groups in total. The molecule has 1 atom stereocenters. The van der Waals surface area contributed by atoms with Crippen molar-refractivity contribution in [2.45, 2.75) is 17.7 Å². The summed E-state index contributed by atoms with van der Waals surface area (Å²) in [4.78, 5) is 2.53. The molecule has 3 rings (SSSR count). The lowest BCUT2D eigenvalue weighted by Gasteiger charge is -2.36. The standard InChI is InChI=1S/C16H24FN3O2S.ClH/c17-15-3-5-16(6-4-15)23(21,22)20-10-8-19(9-11-20)13-14-2-1-7-18-12-14;/h3-6,14,18H,1-2,7-13H2;1H. The van der Waals surface area contributed by atoms with Crippen LogP contribution in [0.2, 0.25) is 0 Å². The van der Waals surface area contributed by atoms with Crippen LogP contribution >= 0.6 is 12.4 Å². The van der Waals surface area contributed by atoms with Gasteiger partial charge in [0.15, 0.2) is 0 Å². The lowest BCUT2D eigenvalue weighted by molar-refractivity contribution is 0.154. The lowest BCUT2D eigenvalue weighted by atomic mass is 9.99. The van der Waals surface area contributed by atoms with Crippen LogP contribution in [0.5, 0.6) is 0 Å². The Bertz CT molecular complexity index is 613. The summed E-state index contributed by atoms with van der Waals surface area (Å²) < 4.78 is 39.6. The van der Waals surface area contributed by atoms with Gasteiger partial charge in [-0.1, -0.05) is 0 Å². The largest absolute Gasteiger partial charge is 0.316 e. The van der Waals surface area contributed by atoms with Crippen molar-refractivity contribution in [1.82, 2.24) is 14.5 Å². The van der Waals surface area contributed by atoms with E-state index in [1.165, 1.54) is 41.4 Å². The molecule has 2 heterocycles. The Kier molecular flexibility index (Phi) is 7.00. The van der Waals surface area contributed by atoms with Crippen molar-refractivity contribution < 1.29 is 12.8 Å². The Morgan fingerprint density at radius 2 is 1.79 bits per heavy atom. The first-order chi connectivity index (χ1) is 11.1. The van der Waals surface area contributed by atoms with Gasteiger partial charge in [-0.05, 0) is 56.1 Å². The Labute approximate surface area is 149 Å². The third-order valence-electron chi connectivity index (χ3n) is 4.70. The molecule has 0 aliphatic carbocycles. The first-order valence-corrected chi connectivity index (χ1v) is 9.68. The number of piperidine rings is 1. The van der Waals surface area contributed by atoms with Crippen LogP contribution in [-0.2, 0) is 10.0 Å². The minimum atomic E-state index is -3.51. The highest BCUT2D eigenvalue weighted by Crippen LogP contribution is 2.19. The summed E-state index contributed by atoms with van der Waals surface area (Å²) in [7, 11) is -3.51. The fraction of sp³-hybridized carbons (Fsp3) is 0.625. The predicted molar refractivity (Wildman–Crippen MR) is 94.4 cm³/mol. The number of hydrogen-bond acceptors (Lipinski definition) is 4. The zero-order valence-electron chi connectivity index (χ0n) is 13.7. The van der Waals surface area contributed by atoms with E-state index in [9.17, 15) is 12.8 Å². The highest BCUT2D eigenvalue weighted by Gasteiger charge is 2.29. The van der Waals surface area contributed by atoms with E-state index in [0.717, 1.165) is 32.7 Å². The van der Waals surface area contributed by atoms with Crippen LogP contribution in [-0.4, -0.2) is 63.4 Å². The molecule has 1 aromatic rings. The van der Waals surface area contributed by atoms with Gasteiger partial charge in [0.1, 0.15) is 5.82 Å². The van der Waals surface area contributed by atoms with Crippen molar-refractivity contribution in [3.8, 4) is 0 Å². The second-order valence-electron chi connectivity index (χ2n) is 6.37. The van der Waals surface area contributed by atoms with Crippen molar-refractivity contribution in [3.63, 3.8) is 0 Å². The fourth-order valence-electron chi connectivity index (χ4n) is 3.35. The molecule has 0 bridgehead atoms. The monoisotopic (exact) mass is 377 g/mol. The minimum Gasteiger partial charge on any atom is -0.316 e. The number of piperazine rings is 1. The van der Waals surface area contributed by atoms with E-state index in [0.29, 0.717) is 19.0 Å². The van der Waals surface area contributed by atoms with Gasteiger partial charge in [0.25, 0.3) is 0 Å². The number of hydrogen-bond donors (Lipinski definition) is 1. The number of benzene rings is 1. The van der Waals surface area contributed by atoms with Crippen LogP contribution in [0.15, 0.2) is 29.2 Å². The molecular formula is C16H25ClFN3O2S. The van der Waals surface area contributed by atoms with Crippen LogP contribution in [0.1, 0.15) is 12.8 Å². The lowest BCUT2D eigenvalue weighted by Crippen LogP contribution is -2.50. The summed E-state index contributed by atoms with van der Waals surface area (Å²) >= 11 is 0. The molecule has 8 heteroatoms. The number of nitrogens with one attached hydrogen (secondary N) is 1. The second-order valence-corrected chi connectivity index (χ2v) is 8.31. The predicted octanol–water partition coefficient (Wildman–Crippen LogP) is 1.55. The zero-order chi connectivity index (χ0) is 16.3. The molecule has 24 heavy (non-hydrogen) atoms. The van der Waals surface area contributed by atoms with E-state index in [4.69, 9.17) is 0 Å². The van der Waals surface area contributed by atoms with Gasteiger partial charge < -0.3 is 10.2 Å². The molecule has 0 spiro atoms. The Morgan fingerprint density at radius 1 is 1.12 bits per heavy atom. The van der Waals surface area contributed by atoms with E-state index in [2.05, 4.69) is 10.2 Å². The van der Waals surface area contributed by atoms with Gasteiger partial charge >= 0.3 is 0 Å². The average Bonchev–Trinajstić information content (AvgIpc) is 2.57. The van der Waals surface area contributed by atoms with Crippen molar-refractivity contribution in [2.75, 3.05) is 45.8 Å². The molecule has 0 radical (unpaired) electrons. The quantitative estimate of drug-likeness (QED) is 0.865. The summed E-state index contributed by atoms with van der Waals surface area (Å²) in [5.74, 6) is 0.249. The van der Waals surface area contributed by atoms with Crippen LogP contribution in [0.25, 0.3) is 0 Å². The smallest absolute Gasteiger partial charge is 0.243 e. The van der Waals surface area contributed by atoms with Crippen LogP contribution < -0.4 is 5.32 Å². The topological polar surface area (TPSA) is 52.7 Å². The van der Waals surface area contributed by atoms with Gasteiger partial charge in [-0.25, -0.2) is 12.8 Å². The third-order valence-corrected chi connectivity index (χ3v) is 6.61.